The third-order valence-electron chi connectivity index (χ3n) is 1.88. The zero-order chi connectivity index (χ0) is 12.6. The van der Waals surface area contributed by atoms with E-state index in [-0.39, 0.29) is 5.56 Å². The fourth-order valence-electron chi connectivity index (χ4n) is 1.13. The molecule has 1 radical (unpaired) electrons. The Kier molecular flexibility index (Phi) is 2.60. The summed E-state index contributed by atoms with van der Waals surface area (Å²) in [6.07, 6.45) is -2.79. The number of rotatable bonds is 1. The van der Waals surface area contributed by atoms with Crippen LogP contribution in [0.1, 0.15) is 5.89 Å². The number of nitrogens with zero attached hydrogens (tertiary/aromatic N) is 1. The van der Waals surface area contributed by atoms with E-state index in [4.69, 9.17) is 0 Å². The Bertz CT molecular complexity index is 546. The van der Waals surface area contributed by atoms with E-state index < -0.39 is 29.5 Å². The SMILES string of the molecule is Fc1ccc(-c2[c]nc(C(F)(F)F)o2)cc1F. The molecule has 0 saturated carbocycles. The Balaban J connectivity index is 2.40. The summed E-state index contributed by atoms with van der Waals surface area (Å²) in [5.41, 5.74) is -0.0769. The Morgan fingerprint density at radius 2 is 1.82 bits per heavy atom. The highest BCUT2D eigenvalue weighted by atomic mass is 19.4. The van der Waals surface area contributed by atoms with Gasteiger partial charge in [-0.2, -0.15) is 13.2 Å². The Hall–Kier alpha value is -1.92. The molecule has 7 heteroatoms. The van der Waals surface area contributed by atoms with E-state index in [1.165, 1.54) is 0 Å². The minimum absolute atomic E-state index is 0.0769. The number of benzene rings is 1. The molecule has 0 atom stereocenters. The van der Waals surface area contributed by atoms with Gasteiger partial charge in [-0.3, -0.25) is 0 Å². The van der Waals surface area contributed by atoms with Crippen molar-refractivity contribution in [3.05, 3.63) is 41.9 Å². The van der Waals surface area contributed by atoms with Crippen molar-refractivity contribution in [1.29, 1.82) is 0 Å². The van der Waals surface area contributed by atoms with Gasteiger partial charge < -0.3 is 4.42 Å². The second-order valence-corrected chi connectivity index (χ2v) is 3.09. The largest absolute Gasteiger partial charge is 0.468 e. The lowest BCUT2D eigenvalue weighted by Crippen LogP contribution is -2.04. The molecule has 0 fully saturated rings. The van der Waals surface area contributed by atoms with Crippen molar-refractivity contribution in [3.63, 3.8) is 0 Å². The summed E-state index contributed by atoms with van der Waals surface area (Å²) in [5.74, 6) is -4.20. The van der Waals surface area contributed by atoms with Crippen LogP contribution in [-0.4, -0.2) is 4.98 Å². The van der Waals surface area contributed by atoms with Crippen molar-refractivity contribution in [2.24, 2.45) is 0 Å². The van der Waals surface area contributed by atoms with E-state index in [1.807, 2.05) is 6.20 Å². The lowest BCUT2D eigenvalue weighted by atomic mass is 10.2. The fraction of sp³-hybridized carbons (Fsp3) is 0.100. The molecule has 0 amide bonds. The summed E-state index contributed by atoms with van der Waals surface area (Å²) in [7, 11) is 0. The molecule has 2 rings (SSSR count). The van der Waals surface area contributed by atoms with Crippen molar-refractivity contribution in [1.82, 2.24) is 4.98 Å². The molecular weight excluding hydrogens is 245 g/mol. The van der Waals surface area contributed by atoms with Gasteiger partial charge in [-0.1, -0.05) is 0 Å². The molecule has 0 saturated heterocycles. The van der Waals surface area contributed by atoms with Crippen molar-refractivity contribution < 1.29 is 26.4 Å². The smallest absolute Gasteiger partial charge is 0.432 e. The zero-order valence-corrected chi connectivity index (χ0v) is 7.98. The van der Waals surface area contributed by atoms with Gasteiger partial charge in [0.05, 0.1) is 0 Å². The van der Waals surface area contributed by atoms with Crippen LogP contribution in [0.3, 0.4) is 0 Å². The second kappa shape index (κ2) is 3.83. The van der Waals surface area contributed by atoms with Crippen LogP contribution in [0.25, 0.3) is 11.3 Å². The number of alkyl halides is 3. The molecule has 0 aliphatic rings. The van der Waals surface area contributed by atoms with Crippen LogP contribution < -0.4 is 0 Å². The molecule has 1 aromatic carbocycles. The summed E-state index contributed by atoms with van der Waals surface area (Å²) in [5, 5.41) is 0. The highest BCUT2D eigenvalue weighted by Crippen LogP contribution is 2.31. The van der Waals surface area contributed by atoms with Gasteiger partial charge in [-0.05, 0) is 18.2 Å². The zero-order valence-electron chi connectivity index (χ0n) is 7.98. The van der Waals surface area contributed by atoms with E-state index >= 15 is 0 Å². The highest BCUT2D eigenvalue weighted by Gasteiger charge is 2.37. The summed E-state index contributed by atoms with van der Waals surface area (Å²) < 4.78 is 66.2. The molecule has 89 valence electrons. The topological polar surface area (TPSA) is 26.0 Å². The maximum atomic E-state index is 12.8. The average Bonchev–Trinajstić information content (AvgIpc) is 2.70. The van der Waals surface area contributed by atoms with E-state index in [1.54, 1.807) is 0 Å². The van der Waals surface area contributed by atoms with Gasteiger partial charge in [-0.25, -0.2) is 13.8 Å². The molecule has 2 aromatic rings. The van der Waals surface area contributed by atoms with Crippen molar-refractivity contribution in [2.75, 3.05) is 0 Å². The summed E-state index contributed by atoms with van der Waals surface area (Å²) in [6, 6.07) is 2.54. The van der Waals surface area contributed by atoms with Gasteiger partial charge in [0.25, 0.3) is 0 Å². The highest BCUT2D eigenvalue weighted by molar-refractivity contribution is 5.55. The number of hydrogen-bond donors (Lipinski definition) is 0. The van der Waals surface area contributed by atoms with E-state index in [0.29, 0.717) is 6.07 Å². The van der Waals surface area contributed by atoms with Crippen LogP contribution in [0.5, 0.6) is 0 Å². The molecule has 0 bridgehead atoms. The Morgan fingerprint density at radius 1 is 1.12 bits per heavy atom. The maximum Gasteiger partial charge on any atom is 0.468 e. The first-order valence-electron chi connectivity index (χ1n) is 4.29. The van der Waals surface area contributed by atoms with Crippen LogP contribution in [0, 0.1) is 17.8 Å². The molecule has 2 nitrogen and oxygen atoms in total. The second-order valence-electron chi connectivity index (χ2n) is 3.09. The fourth-order valence-corrected chi connectivity index (χ4v) is 1.13. The minimum atomic E-state index is -4.74. The summed E-state index contributed by atoms with van der Waals surface area (Å²) in [4.78, 5) is 2.88. The maximum absolute atomic E-state index is 12.8. The molecule has 0 aliphatic carbocycles. The predicted molar refractivity (Wildman–Crippen MR) is 45.7 cm³/mol. The normalized spacial score (nSPS) is 11.8. The Morgan fingerprint density at radius 3 is 2.35 bits per heavy atom. The monoisotopic (exact) mass is 248 g/mol. The van der Waals surface area contributed by atoms with E-state index in [9.17, 15) is 22.0 Å². The van der Waals surface area contributed by atoms with Gasteiger partial charge in [0.15, 0.2) is 17.4 Å². The van der Waals surface area contributed by atoms with E-state index in [2.05, 4.69) is 9.40 Å². The first kappa shape index (κ1) is 11.6. The minimum Gasteiger partial charge on any atom is -0.432 e. The van der Waals surface area contributed by atoms with Crippen LogP contribution in [0.4, 0.5) is 22.0 Å². The molecule has 0 spiro atoms. The molecular formula is C10H3F5NO. The molecule has 0 unspecified atom stereocenters. The van der Waals surface area contributed by atoms with Crippen LogP contribution >= 0.6 is 0 Å². The van der Waals surface area contributed by atoms with Crippen molar-refractivity contribution >= 4 is 0 Å². The average molecular weight is 248 g/mol. The van der Waals surface area contributed by atoms with Crippen LogP contribution in [0.2, 0.25) is 0 Å². The third kappa shape index (κ3) is 2.27. The van der Waals surface area contributed by atoms with Crippen LogP contribution in [0.15, 0.2) is 22.6 Å². The lowest BCUT2D eigenvalue weighted by Gasteiger charge is -1.99. The Labute approximate surface area is 91.7 Å². The molecule has 17 heavy (non-hydrogen) atoms. The van der Waals surface area contributed by atoms with E-state index in [0.717, 1.165) is 12.1 Å². The number of hydrogen-bond acceptors (Lipinski definition) is 2. The van der Waals surface area contributed by atoms with Crippen molar-refractivity contribution in [2.45, 2.75) is 6.18 Å². The predicted octanol–water partition coefficient (Wildman–Crippen LogP) is 3.44. The van der Waals surface area contributed by atoms with Crippen LogP contribution in [-0.2, 0) is 6.18 Å². The molecule has 0 N–H and O–H groups in total. The standard InChI is InChI=1S/C10H3F5NO/c11-6-2-1-5(3-7(6)12)8-4-16-9(17-8)10(13,14)15/h1-3H. The molecule has 1 aromatic heterocycles. The first-order valence-corrected chi connectivity index (χ1v) is 4.29. The van der Waals surface area contributed by atoms with Gasteiger partial charge in [-0.15, -0.1) is 0 Å². The number of halogens is 5. The van der Waals surface area contributed by atoms with Gasteiger partial charge in [0.1, 0.15) is 6.20 Å². The lowest BCUT2D eigenvalue weighted by molar-refractivity contribution is -0.156. The van der Waals surface area contributed by atoms with Gasteiger partial charge >= 0.3 is 12.1 Å². The summed E-state index contributed by atoms with van der Waals surface area (Å²) in [6.45, 7) is 0. The van der Waals surface area contributed by atoms with Gasteiger partial charge in [0.2, 0.25) is 0 Å². The number of aromatic nitrogens is 1. The molecule has 1 heterocycles. The third-order valence-corrected chi connectivity index (χ3v) is 1.88. The summed E-state index contributed by atoms with van der Waals surface area (Å²) >= 11 is 0. The quantitative estimate of drug-likeness (QED) is 0.722. The van der Waals surface area contributed by atoms with Gasteiger partial charge in [0, 0.05) is 5.56 Å². The van der Waals surface area contributed by atoms with Crippen molar-refractivity contribution in [3.8, 4) is 11.3 Å². The first-order chi connectivity index (χ1) is 7.88. The molecule has 0 aliphatic heterocycles. The number of oxazole rings is 1.